The monoisotopic (exact) mass is 307 g/mol. The number of aryl methyl sites for hydroxylation is 2. The number of amides is 1. The first kappa shape index (κ1) is 13.7. The average Bonchev–Trinajstić information content (AvgIpc) is 3.07. The highest BCUT2D eigenvalue weighted by molar-refractivity contribution is 7.12. The van der Waals surface area contributed by atoms with E-state index in [0.29, 0.717) is 5.92 Å². The highest BCUT2D eigenvalue weighted by atomic mass is 32.1. The maximum atomic E-state index is 12.5. The third-order valence-electron chi connectivity index (χ3n) is 3.64. The molecule has 1 aliphatic rings. The van der Waals surface area contributed by atoms with Crippen LogP contribution in [0.25, 0.3) is 0 Å². The third kappa shape index (κ3) is 2.62. The zero-order valence-corrected chi connectivity index (χ0v) is 13.3. The Hall–Kier alpha value is -1.27. The molecule has 0 aromatic carbocycles. The van der Waals surface area contributed by atoms with Crippen molar-refractivity contribution < 1.29 is 4.79 Å². The quantitative estimate of drug-likeness (QED) is 0.855. The van der Waals surface area contributed by atoms with Crippen LogP contribution in [0.4, 0.5) is 0 Å². The zero-order chi connectivity index (χ0) is 14.1. The number of hydrogen-bond acceptors (Lipinski definition) is 5. The summed E-state index contributed by atoms with van der Waals surface area (Å²) in [4.78, 5) is 25.2. The van der Waals surface area contributed by atoms with Gasteiger partial charge in [-0.05, 0) is 26.7 Å². The number of piperidine rings is 1. The van der Waals surface area contributed by atoms with Crippen molar-refractivity contribution in [3.63, 3.8) is 0 Å². The number of carbonyl (C=O) groups is 1. The fourth-order valence-corrected chi connectivity index (χ4v) is 4.24. The van der Waals surface area contributed by atoms with E-state index >= 15 is 0 Å². The lowest BCUT2D eigenvalue weighted by atomic mass is 9.98. The van der Waals surface area contributed by atoms with E-state index in [9.17, 15) is 4.79 Å². The summed E-state index contributed by atoms with van der Waals surface area (Å²) in [6, 6.07) is 0. The van der Waals surface area contributed by atoms with Gasteiger partial charge in [-0.2, -0.15) is 0 Å². The molecule has 0 aliphatic carbocycles. The Balaban J connectivity index is 1.75. The minimum absolute atomic E-state index is 0.128. The smallest absolute Gasteiger partial charge is 0.265 e. The van der Waals surface area contributed by atoms with E-state index in [0.717, 1.165) is 36.5 Å². The molecule has 0 unspecified atom stereocenters. The molecule has 3 heterocycles. The van der Waals surface area contributed by atoms with Gasteiger partial charge in [0.25, 0.3) is 5.91 Å². The molecule has 3 rings (SSSR count). The molecular weight excluding hydrogens is 290 g/mol. The van der Waals surface area contributed by atoms with Crippen LogP contribution >= 0.6 is 22.7 Å². The highest BCUT2D eigenvalue weighted by Gasteiger charge is 2.28. The van der Waals surface area contributed by atoms with Gasteiger partial charge in [-0.3, -0.25) is 4.79 Å². The first-order chi connectivity index (χ1) is 9.65. The summed E-state index contributed by atoms with van der Waals surface area (Å²) >= 11 is 3.19. The number of nitrogens with zero attached hydrogens (tertiary/aromatic N) is 3. The molecule has 6 heteroatoms. The lowest BCUT2D eigenvalue weighted by Crippen LogP contribution is -2.39. The molecule has 2 aromatic heterocycles. The topological polar surface area (TPSA) is 46.1 Å². The molecule has 1 atom stereocenters. The van der Waals surface area contributed by atoms with Crippen LogP contribution in [0, 0.1) is 13.8 Å². The molecule has 0 bridgehead atoms. The largest absolute Gasteiger partial charge is 0.337 e. The lowest BCUT2D eigenvalue weighted by Gasteiger charge is -2.31. The molecule has 1 fully saturated rings. The minimum atomic E-state index is 0.128. The second-order valence-corrected chi connectivity index (χ2v) is 7.29. The van der Waals surface area contributed by atoms with E-state index in [2.05, 4.69) is 16.9 Å². The molecule has 1 aliphatic heterocycles. The summed E-state index contributed by atoms with van der Waals surface area (Å²) < 4.78 is 0. The van der Waals surface area contributed by atoms with Gasteiger partial charge in [0.15, 0.2) is 0 Å². The van der Waals surface area contributed by atoms with Crippen LogP contribution in [0.5, 0.6) is 0 Å². The Morgan fingerprint density at radius 2 is 2.25 bits per heavy atom. The van der Waals surface area contributed by atoms with Crippen LogP contribution in [-0.4, -0.2) is 33.9 Å². The summed E-state index contributed by atoms with van der Waals surface area (Å²) in [7, 11) is 0. The van der Waals surface area contributed by atoms with E-state index in [1.54, 1.807) is 16.8 Å². The van der Waals surface area contributed by atoms with Crippen LogP contribution in [0.1, 0.15) is 44.0 Å². The van der Waals surface area contributed by atoms with Crippen molar-refractivity contribution in [2.45, 2.75) is 32.6 Å². The number of thiazole rings is 2. The van der Waals surface area contributed by atoms with E-state index in [4.69, 9.17) is 0 Å². The normalized spacial score (nSPS) is 19.3. The van der Waals surface area contributed by atoms with E-state index in [1.165, 1.54) is 21.2 Å². The zero-order valence-electron chi connectivity index (χ0n) is 11.6. The minimum Gasteiger partial charge on any atom is -0.337 e. The SMILES string of the molecule is Cc1cnc([C@@H]2CCCN(C(=O)c3scnc3C)C2)s1. The van der Waals surface area contributed by atoms with Gasteiger partial charge < -0.3 is 4.90 Å². The molecule has 2 aromatic rings. The van der Waals surface area contributed by atoms with E-state index < -0.39 is 0 Å². The maximum Gasteiger partial charge on any atom is 0.265 e. The molecule has 1 saturated heterocycles. The summed E-state index contributed by atoms with van der Waals surface area (Å²) in [5, 5.41) is 1.17. The Morgan fingerprint density at radius 3 is 2.90 bits per heavy atom. The maximum absolute atomic E-state index is 12.5. The van der Waals surface area contributed by atoms with Gasteiger partial charge >= 0.3 is 0 Å². The predicted molar refractivity (Wildman–Crippen MR) is 81.6 cm³/mol. The van der Waals surface area contributed by atoms with Crippen molar-refractivity contribution in [2.75, 3.05) is 13.1 Å². The molecule has 0 saturated carbocycles. The molecule has 0 radical (unpaired) electrons. The van der Waals surface area contributed by atoms with Crippen molar-refractivity contribution in [2.24, 2.45) is 0 Å². The number of carbonyl (C=O) groups excluding carboxylic acids is 1. The van der Waals surface area contributed by atoms with Gasteiger partial charge in [-0.1, -0.05) is 0 Å². The standard InChI is InChI=1S/C14H17N3OS2/c1-9-6-15-13(20-9)11-4-3-5-17(7-11)14(18)12-10(2)16-8-19-12/h6,8,11H,3-5,7H2,1-2H3/t11-/m1/s1. The molecule has 4 nitrogen and oxygen atoms in total. The molecule has 20 heavy (non-hydrogen) atoms. The van der Waals surface area contributed by atoms with Crippen LogP contribution in [0.2, 0.25) is 0 Å². The van der Waals surface area contributed by atoms with Crippen LogP contribution < -0.4 is 0 Å². The van der Waals surface area contributed by atoms with Gasteiger partial charge in [0.2, 0.25) is 0 Å². The van der Waals surface area contributed by atoms with Crippen molar-refractivity contribution in [3.8, 4) is 0 Å². The Morgan fingerprint density at radius 1 is 1.40 bits per heavy atom. The van der Waals surface area contributed by atoms with Gasteiger partial charge in [-0.15, -0.1) is 22.7 Å². The second kappa shape index (κ2) is 5.61. The first-order valence-electron chi connectivity index (χ1n) is 6.77. The van der Waals surface area contributed by atoms with Crippen molar-refractivity contribution in [3.05, 3.63) is 32.2 Å². The fraction of sp³-hybridized carbons (Fsp3) is 0.500. The highest BCUT2D eigenvalue weighted by Crippen LogP contribution is 2.30. The van der Waals surface area contributed by atoms with Crippen molar-refractivity contribution in [1.29, 1.82) is 0 Å². The fourth-order valence-electron chi connectivity index (χ4n) is 2.57. The molecule has 0 N–H and O–H groups in total. The molecular formula is C14H17N3OS2. The number of hydrogen-bond donors (Lipinski definition) is 0. The van der Waals surface area contributed by atoms with Crippen molar-refractivity contribution >= 4 is 28.6 Å². The van der Waals surface area contributed by atoms with E-state index in [1.807, 2.05) is 18.0 Å². The third-order valence-corrected chi connectivity index (χ3v) is 5.63. The molecule has 106 valence electrons. The summed E-state index contributed by atoms with van der Waals surface area (Å²) in [5.41, 5.74) is 2.58. The van der Waals surface area contributed by atoms with Gasteiger partial charge in [-0.25, -0.2) is 9.97 Å². The average molecular weight is 307 g/mol. The summed E-state index contributed by atoms with van der Waals surface area (Å²) in [5.74, 6) is 0.516. The Bertz CT molecular complexity index is 619. The van der Waals surface area contributed by atoms with Gasteiger partial charge in [0.1, 0.15) is 4.88 Å². The number of aromatic nitrogens is 2. The predicted octanol–water partition coefficient (Wildman–Crippen LogP) is 3.24. The lowest BCUT2D eigenvalue weighted by molar-refractivity contribution is 0.0711. The number of likely N-dealkylation sites (tertiary alicyclic amines) is 1. The summed E-state index contributed by atoms with van der Waals surface area (Å²) in [6.45, 7) is 5.60. The van der Waals surface area contributed by atoms with Gasteiger partial charge in [0, 0.05) is 30.1 Å². The van der Waals surface area contributed by atoms with Crippen LogP contribution in [0.3, 0.4) is 0 Å². The summed E-state index contributed by atoms with van der Waals surface area (Å²) in [6.07, 6.45) is 4.10. The number of rotatable bonds is 2. The van der Waals surface area contributed by atoms with Crippen LogP contribution in [-0.2, 0) is 0 Å². The second-order valence-electron chi connectivity index (χ2n) is 5.17. The first-order valence-corrected chi connectivity index (χ1v) is 8.46. The van der Waals surface area contributed by atoms with Crippen LogP contribution in [0.15, 0.2) is 11.7 Å². The molecule has 1 amide bonds. The Kier molecular flexibility index (Phi) is 3.85. The Labute approximate surface area is 126 Å². The van der Waals surface area contributed by atoms with Crippen molar-refractivity contribution in [1.82, 2.24) is 14.9 Å². The van der Waals surface area contributed by atoms with E-state index in [-0.39, 0.29) is 5.91 Å². The molecule has 0 spiro atoms. The van der Waals surface area contributed by atoms with Gasteiger partial charge in [0.05, 0.1) is 16.2 Å².